The first kappa shape index (κ1) is 12.2. The maximum atomic E-state index is 11.2. The number of hydrogen-bond donors (Lipinski definition) is 1. The zero-order chi connectivity index (χ0) is 12.7. The summed E-state index contributed by atoms with van der Waals surface area (Å²) in [7, 11) is 0. The number of aliphatic carboxylic acids is 1. The first-order valence-corrected chi connectivity index (χ1v) is 7.61. The zero-order valence-corrected chi connectivity index (χ0v) is 11.4. The highest BCUT2D eigenvalue weighted by atomic mass is 32.1. The van der Waals surface area contributed by atoms with Crippen LogP contribution in [0.2, 0.25) is 0 Å². The van der Waals surface area contributed by atoms with Crippen LogP contribution in [-0.2, 0) is 11.2 Å². The fourth-order valence-corrected chi connectivity index (χ4v) is 4.52. The van der Waals surface area contributed by atoms with Gasteiger partial charge in [-0.3, -0.25) is 9.69 Å². The van der Waals surface area contributed by atoms with Crippen LogP contribution in [-0.4, -0.2) is 28.6 Å². The highest BCUT2D eigenvalue weighted by Crippen LogP contribution is 2.41. The second kappa shape index (κ2) is 4.67. The Morgan fingerprint density at radius 3 is 3.06 bits per heavy atom. The van der Waals surface area contributed by atoms with E-state index in [-0.39, 0.29) is 12.0 Å². The van der Waals surface area contributed by atoms with Crippen LogP contribution < -0.4 is 0 Å². The third kappa shape index (κ3) is 1.88. The minimum atomic E-state index is -0.633. The van der Waals surface area contributed by atoms with Gasteiger partial charge in [0.2, 0.25) is 0 Å². The van der Waals surface area contributed by atoms with E-state index in [1.54, 1.807) is 0 Å². The van der Waals surface area contributed by atoms with Crippen LogP contribution >= 0.6 is 11.3 Å². The highest BCUT2D eigenvalue weighted by molar-refractivity contribution is 7.10. The molecule has 0 spiro atoms. The molecule has 4 heteroatoms. The van der Waals surface area contributed by atoms with Crippen molar-refractivity contribution in [2.75, 3.05) is 6.54 Å². The van der Waals surface area contributed by atoms with Crippen LogP contribution in [0.3, 0.4) is 0 Å². The molecule has 0 amide bonds. The Morgan fingerprint density at radius 1 is 1.50 bits per heavy atom. The molecule has 1 fully saturated rings. The van der Waals surface area contributed by atoms with Crippen molar-refractivity contribution < 1.29 is 9.90 Å². The molecule has 2 aliphatic rings. The van der Waals surface area contributed by atoms with Crippen molar-refractivity contribution in [2.45, 2.75) is 44.7 Å². The molecular weight excluding hydrogens is 246 g/mol. The molecule has 3 rings (SSSR count). The van der Waals surface area contributed by atoms with Gasteiger partial charge in [-0.25, -0.2) is 0 Å². The van der Waals surface area contributed by atoms with E-state index in [0.717, 1.165) is 13.0 Å². The number of thiophene rings is 1. The van der Waals surface area contributed by atoms with Gasteiger partial charge < -0.3 is 5.11 Å². The molecule has 98 valence electrons. The molecule has 2 heterocycles. The van der Waals surface area contributed by atoms with Gasteiger partial charge in [0.1, 0.15) is 0 Å². The Kier molecular flexibility index (Phi) is 3.16. The third-order valence-electron chi connectivity index (χ3n) is 4.54. The van der Waals surface area contributed by atoms with Gasteiger partial charge in [0.05, 0.1) is 5.92 Å². The fourth-order valence-electron chi connectivity index (χ4n) is 3.54. The Balaban J connectivity index is 1.84. The number of carboxylic acid groups (broad SMARTS) is 1. The van der Waals surface area contributed by atoms with Gasteiger partial charge in [-0.2, -0.15) is 0 Å². The summed E-state index contributed by atoms with van der Waals surface area (Å²) in [5.74, 6) is -0.819. The van der Waals surface area contributed by atoms with Crippen molar-refractivity contribution in [3.8, 4) is 0 Å². The van der Waals surface area contributed by atoms with Gasteiger partial charge in [-0.1, -0.05) is 0 Å². The van der Waals surface area contributed by atoms with E-state index in [0.29, 0.717) is 6.04 Å². The number of carbonyl (C=O) groups is 1. The lowest BCUT2D eigenvalue weighted by atomic mass is 9.92. The summed E-state index contributed by atoms with van der Waals surface area (Å²) >= 11 is 1.85. The first-order chi connectivity index (χ1) is 8.68. The molecule has 0 saturated carbocycles. The number of carboxylic acids is 1. The Morgan fingerprint density at radius 2 is 2.33 bits per heavy atom. The summed E-state index contributed by atoms with van der Waals surface area (Å²) in [6.45, 7) is 3.00. The van der Waals surface area contributed by atoms with Crippen molar-refractivity contribution in [3.63, 3.8) is 0 Å². The third-order valence-corrected chi connectivity index (χ3v) is 5.54. The molecule has 1 aliphatic carbocycles. The number of nitrogens with zero attached hydrogens (tertiary/aromatic N) is 1. The molecule has 0 bridgehead atoms. The summed E-state index contributed by atoms with van der Waals surface area (Å²) in [5, 5.41) is 11.4. The first-order valence-electron chi connectivity index (χ1n) is 6.73. The van der Waals surface area contributed by atoms with E-state index in [4.69, 9.17) is 0 Å². The van der Waals surface area contributed by atoms with Gasteiger partial charge in [0.25, 0.3) is 0 Å². The smallest absolute Gasteiger partial charge is 0.308 e. The van der Waals surface area contributed by atoms with Gasteiger partial charge in [-0.05, 0) is 56.2 Å². The summed E-state index contributed by atoms with van der Waals surface area (Å²) in [6.07, 6.45) is 4.42. The lowest BCUT2D eigenvalue weighted by Gasteiger charge is -2.35. The Hall–Kier alpha value is -0.870. The fraction of sp³-hybridized carbons (Fsp3) is 0.643. The van der Waals surface area contributed by atoms with E-state index in [2.05, 4.69) is 23.3 Å². The van der Waals surface area contributed by atoms with E-state index in [1.807, 2.05) is 11.3 Å². The number of likely N-dealkylation sites (tertiary alicyclic amines) is 1. The van der Waals surface area contributed by atoms with E-state index in [9.17, 15) is 9.90 Å². The van der Waals surface area contributed by atoms with E-state index >= 15 is 0 Å². The molecule has 1 aromatic rings. The van der Waals surface area contributed by atoms with Gasteiger partial charge >= 0.3 is 5.97 Å². The molecule has 0 aromatic carbocycles. The Labute approximate surface area is 111 Å². The van der Waals surface area contributed by atoms with Gasteiger partial charge in [-0.15, -0.1) is 11.3 Å². The van der Waals surface area contributed by atoms with Crippen LogP contribution in [0, 0.1) is 5.92 Å². The quantitative estimate of drug-likeness (QED) is 0.894. The van der Waals surface area contributed by atoms with Gasteiger partial charge in [0, 0.05) is 17.0 Å². The SMILES string of the molecule is CC1C(C(=O)O)CCN1C1CCCc2sccc21. The largest absolute Gasteiger partial charge is 0.481 e. The maximum Gasteiger partial charge on any atom is 0.308 e. The molecule has 1 aliphatic heterocycles. The van der Waals surface area contributed by atoms with Gasteiger partial charge in [0.15, 0.2) is 0 Å². The standard InChI is InChI=1S/C14H19NO2S/c1-9-10(14(16)17)5-7-15(9)12-3-2-4-13-11(12)6-8-18-13/h6,8-10,12H,2-5,7H2,1H3,(H,16,17). The second-order valence-corrected chi connectivity index (χ2v) is 6.42. The topological polar surface area (TPSA) is 40.5 Å². The average molecular weight is 265 g/mol. The molecule has 3 atom stereocenters. The molecule has 1 N–H and O–H groups in total. The summed E-state index contributed by atoms with van der Waals surface area (Å²) < 4.78 is 0. The van der Waals surface area contributed by atoms with Crippen LogP contribution in [0.4, 0.5) is 0 Å². The predicted molar refractivity (Wildman–Crippen MR) is 71.9 cm³/mol. The number of rotatable bonds is 2. The Bertz CT molecular complexity index is 456. The summed E-state index contributed by atoms with van der Waals surface area (Å²) in [6, 6.07) is 2.86. The zero-order valence-electron chi connectivity index (χ0n) is 10.6. The number of aryl methyl sites for hydroxylation is 1. The van der Waals surface area contributed by atoms with Crippen LogP contribution in [0.25, 0.3) is 0 Å². The second-order valence-electron chi connectivity index (χ2n) is 5.42. The van der Waals surface area contributed by atoms with Crippen molar-refractivity contribution in [1.29, 1.82) is 0 Å². The molecule has 3 unspecified atom stereocenters. The van der Waals surface area contributed by atoms with Crippen molar-refractivity contribution >= 4 is 17.3 Å². The number of hydrogen-bond acceptors (Lipinski definition) is 3. The van der Waals surface area contributed by atoms with E-state index < -0.39 is 5.97 Å². The molecule has 1 aromatic heterocycles. The minimum Gasteiger partial charge on any atom is -0.481 e. The molecule has 0 radical (unpaired) electrons. The average Bonchev–Trinajstić information content (AvgIpc) is 2.94. The highest BCUT2D eigenvalue weighted by Gasteiger charge is 2.40. The summed E-state index contributed by atoms with van der Waals surface area (Å²) in [5.41, 5.74) is 1.46. The van der Waals surface area contributed by atoms with Crippen molar-refractivity contribution in [2.24, 2.45) is 5.92 Å². The van der Waals surface area contributed by atoms with E-state index in [1.165, 1.54) is 29.7 Å². The minimum absolute atomic E-state index is 0.165. The maximum absolute atomic E-state index is 11.2. The summed E-state index contributed by atoms with van der Waals surface area (Å²) in [4.78, 5) is 15.1. The molecule has 3 nitrogen and oxygen atoms in total. The predicted octanol–water partition coefficient (Wildman–Crippen LogP) is 2.92. The van der Waals surface area contributed by atoms with Crippen molar-refractivity contribution in [1.82, 2.24) is 4.90 Å². The van der Waals surface area contributed by atoms with Crippen molar-refractivity contribution in [3.05, 3.63) is 21.9 Å². The lowest BCUT2D eigenvalue weighted by molar-refractivity contribution is -0.142. The molecular formula is C14H19NO2S. The number of fused-ring (bicyclic) bond motifs is 1. The van der Waals surface area contributed by atoms with Crippen LogP contribution in [0.1, 0.15) is 42.7 Å². The monoisotopic (exact) mass is 265 g/mol. The molecule has 1 saturated heterocycles. The lowest BCUT2D eigenvalue weighted by Crippen LogP contribution is -2.37. The van der Waals surface area contributed by atoms with Crippen LogP contribution in [0.5, 0.6) is 0 Å². The molecule has 18 heavy (non-hydrogen) atoms. The normalized spacial score (nSPS) is 32.4. The van der Waals surface area contributed by atoms with Crippen LogP contribution in [0.15, 0.2) is 11.4 Å².